The number of hydrogen-bond donors (Lipinski definition) is 1. The molecular formula is C13H18ClNO2S. The summed E-state index contributed by atoms with van der Waals surface area (Å²) in [6, 6.07) is 5.91. The van der Waals surface area contributed by atoms with Crippen LogP contribution in [0.1, 0.15) is 24.0 Å². The van der Waals surface area contributed by atoms with E-state index in [2.05, 4.69) is 5.32 Å². The molecule has 0 amide bonds. The molecular weight excluding hydrogens is 270 g/mol. The third kappa shape index (κ3) is 3.25. The molecule has 1 aliphatic rings. The number of sulfone groups is 1. The van der Waals surface area contributed by atoms with Crippen LogP contribution in [-0.2, 0) is 16.4 Å². The zero-order chi connectivity index (χ0) is 13.2. The van der Waals surface area contributed by atoms with Gasteiger partial charge in [-0.25, -0.2) is 8.42 Å². The van der Waals surface area contributed by atoms with Crippen molar-refractivity contribution in [1.82, 2.24) is 5.32 Å². The predicted molar refractivity (Wildman–Crippen MR) is 74.7 cm³/mol. The van der Waals surface area contributed by atoms with Crippen LogP contribution in [0.15, 0.2) is 18.2 Å². The summed E-state index contributed by atoms with van der Waals surface area (Å²) < 4.78 is 23.3. The highest BCUT2D eigenvalue weighted by Gasteiger charge is 2.30. The fourth-order valence-electron chi connectivity index (χ4n) is 2.25. The number of hydrogen-bond acceptors (Lipinski definition) is 3. The molecule has 1 unspecified atom stereocenters. The van der Waals surface area contributed by atoms with Crippen LogP contribution in [0, 0.1) is 6.92 Å². The van der Waals surface area contributed by atoms with Crippen molar-refractivity contribution in [3.8, 4) is 0 Å². The average molecular weight is 288 g/mol. The second-order valence-corrected chi connectivity index (χ2v) is 7.66. The fraction of sp³-hybridized carbons (Fsp3) is 0.538. The maximum absolute atomic E-state index is 11.6. The summed E-state index contributed by atoms with van der Waals surface area (Å²) in [5.74, 6) is 0.338. The highest BCUT2D eigenvalue weighted by atomic mass is 35.5. The summed E-state index contributed by atoms with van der Waals surface area (Å²) in [5, 5.41) is 3.71. The van der Waals surface area contributed by atoms with E-state index in [1.54, 1.807) is 0 Å². The lowest BCUT2D eigenvalue weighted by molar-refractivity contribution is 0.574. The third-order valence-corrected chi connectivity index (χ3v) is 5.99. The van der Waals surface area contributed by atoms with E-state index in [1.165, 1.54) is 0 Å². The molecule has 0 spiro atoms. The Morgan fingerprint density at radius 3 is 2.83 bits per heavy atom. The van der Waals surface area contributed by atoms with Gasteiger partial charge in [0.25, 0.3) is 0 Å². The van der Waals surface area contributed by atoms with Gasteiger partial charge in [0.1, 0.15) is 0 Å². The van der Waals surface area contributed by atoms with Crippen molar-refractivity contribution >= 4 is 21.4 Å². The Labute approximate surface area is 113 Å². The van der Waals surface area contributed by atoms with Gasteiger partial charge < -0.3 is 5.32 Å². The molecule has 1 saturated heterocycles. The lowest BCUT2D eigenvalue weighted by atomic mass is 10.1. The quantitative estimate of drug-likeness (QED) is 0.924. The van der Waals surface area contributed by atoms with Crippen molar-refractivity contribution in [1.29, 1.82) is 0 Å². The summed E-state index contributed by atoms with van der Waals surface area (Å²) in [6.45, 7) is 3.13. The maximum atomic E-state index is 11.6. The number of halogens is 1. The molecule has 0 aromatic heterocycles. The lowest BCUT2D eigenvalue weighted by Gasteiger charge is -2.11. The molecule has 2 rings (SSSR count). The molecule has 1 aromatic rings. The number of aryl methyl sites for hydroxylation is 1. The Morgan fingerprint density at radius 1 is 1.44 bits per heavy atom. The molecule has 3 nitrogen and oxygen atoms in total. The molecule has 1 aromatic carbocycles. The summed E-state index contributed by atoms with van der Waals surface area (Å²) in [5.41, 5.74) is 2.14. The highest BCUT2D eigenvalue weighted by molar-refractivity contribution is 7.92. The van der Waals surface area contributed by atoms with Crippen molar-refractivity contribution in [3.63, 3.8) is 0 Å². The molecule has 1 fully saturated rings. The Kier molecular flexibility index (Phi) is 4.30. The van der Waals surface area contributed by atoms with Crippen molar-refractivity contribution in [3.05, 3.63) is 34.3 Å². The maximum Gasteiger partial charge on any atom is 0.154 e. The van der Waals surface area contributed by atoms with Crippen molar-refractivity contribution < 1.29 is 8.42 Å². The molecule has 100 valence electrons. The highest BCUT2D eigenvalue weighted by Crippen LogP contribution is 2.20. The van der Waals surface area contributed by atoms with E-state index >= 15 is 0 Å². The average Bonchev–Trinajstić information content (AvgIpc) is 2.61. The van der Waals surface area contributed by atoms with E-state index in [1.807, 2.05) is 25.1 Å². The van der Waals surface area contributed by atoms with Gasteiger partial charge in [-0.05, 0) is 37.0 Å². The molecule has 0 bridgehead atoms. The summed E-state index contributed by atoms with van der Waals surface area (Å²) >= 11 is 6.12. The van der Waals surface area contributed by atoms with E-state index in [0.717, 1.165) is 29.0 Å². The topological polar surface area (TPSA) is 46.2 Å². The predicted octanol–water partition coefficient (Wildman–Crippen LogP) is 2.32. The van der Waals surface area contributed by atoms with Gasteiger partial charge in [0, 0.05) is 18.1 Å². The monoisotopic (exact) mass is 287 g/mol. The Balaban J connectivity index is 1.89. The van der Waals surface area contributed by atoms with Crippen molar-refractivity contribution in [2.24, 2.45) is 0 Å². The number of nitrogens with one attached hydrogen (secondary N) is 1. The Hall–Kier alpha value is -0.580. The van der Waals surface area contributed by atoms with E-state index < -0.39 is 9.84 Å². The van der Waals surface area contributed by atoms with Crippen LogP contribution in [0.25, 0.3) is 0 Å². The molecule has 0 saturated carbocycles. The van der Waals surface area contributed by atoms with Crippen molar-refractivity contribution in [2.75, 3.05) is 12.3 Å². The first-order chi connectivity index (χ1) is 8.49. The second-order valence-electron chi connectivity index (χ2n) is 4.86. The van der Waals surface area contributed by atoms with Gasteiger partial charge >= 0.3 is 0 Å². The molecule has 5 heteroatoms. The minimum absolute atomic E-state index is 0.221. The van der Waals surface area contributed by atoms with Gasteiger partial charge in [0.05, 0.1) is 11.0 Å². The van der Waals surface area contributed by atoms with Crippen LogP contribution >= 0.6 is 11.6 Å². The van der Waals surface area contributed by atoms with E-state index in [9.17, 15) is 8.42 Å². The van der Waals surface area contributed by atoms with Gasteiger partial charge in [0.2, 0.25) is 0 Å². The molecule has 0 radical (unpaired) electrons. The number of rotatable bonds is 4. The SMILES string of the molecule is Cc1ccc(CNCC2CCCS2(=O)=O)c(Cl)c1. The van der Waals surface area contributed by atoms with E-state index in [0.29, 0.717) is 18.8 Å². The molecule has 1 N–H and O–H groups in total. The van der Waals surface area contributed by atoms with Crippen LogP contribution in [0.5, 0.6) is 0 Å². The number of benzene rings is 1. The Morgan fingerprint density at radius 2 is 2.22 bits per heavy atom. The van der Waals surface area contributed by atoms with Crippen LogP contribution in [0.2, 0.25) is 5.02 Å². The zero-order valence-corrected chi connectivity index (χ0v) is 12.0. The van der Waals surface area contributed by atoms with Gasteiger partial charge in [-0.2, -0.15) is 0 Å². The molecule has 1 heterocycles. The fourth-order valence-corrected chi connectivity index (χ4v) is 4.35. The summed E-state index contributed by atoms with van der Waals surface area (Å²) in [6.07, 6.45) is 1.57. The van der Waals surface area contributed by atoms with Crippen LogP contribution in [0.3, 0.4) is 0 Å². The first-order valence-electron chi connectivity index (χ1n) is 6.16. The first kappa shape index (κ1) is 13.8. The third-order valence-electron chi connectivity index (χ3n) is 3.36. The lowest BCUT2D eigenvalue weighted by Crippen LogP contribution is -2.30. The normalized spacial score (nSPS) is 22.2. The van der Waals surface area contributed by atoms with Gasteiger partial charge in [-0.15, -0.1) is 0 Å². The van der Waals surface area contributed by atoms with Gasteiger partial charge in [0.15, 0.2) is 9.84 Å². The largest absolute Gasteiger partial charge is 0.311 e. The molecule has 18 heavy (non-hydrogen) atoms. The zero-order valence-electron chi connectivity index (χ0n) is 10.4. The van der Waals surface area contributed by atoms with Crippen molar-refractivity contribution in [2.45, 2.75) is 31.6 Å². The van der Waals surface area contributed by atoms with Crippen LogP contribution in [-0.4, -0.2) is 26.0 Å². The Bertz CT molecular complexity index is 528. The minimum Gasteiger partial charge on any atom is -0.311 e. The van der Waals surface area contributed by atoms with Gasteiger partial charge in [-0.3, -0.25) is 0 Å². The summed E-state index contributed by atoms with van der Waals surface area (Å²) in [4.78, 5) is 0. The summed E-state index contributed by atoms with van der Waals surface area (Å²) in [7, 11) is -2.85. The van der Waals surface area contributed by atoms with Crippen LogP contribution in [0.4, 0.5) is 0 Å². The van der Waals surface area contributed by atoms with Gasteiger partial charge in [-0.1, -0.05) is 23.7 Å². The first-order valence-corrected chi connectivity index (χ1v) is 8.26. The molecule has 0 aliphatic carbocycles. The van der Waals surface area contributed by atoms with E-state index in [-0.39, 0.29) is 5.25 Å². The van der Waals surface area contributed by atoms with Crippen LogP contribution < -0.4 is 5.32 Å². The van der Waals surface area contributed by atoms with E-state index in [4.69, 9.17) is 11.6 Å². The smallest absolute Gasteiger partial charge is 0.154 e. The molecule has 1 atom stereocenters. The minimum atomic E-state index is -2.85. The molecule has 1 aliphatic heterocycles. The second kappa shape index (κ2) is 5.59. The standard InChI is InChI=1S/C13H18ClNO2S/c1-10-4-5-11(13(14)7-10)8-15-9-12-3-2-6-18(12,16)17/h4-5,7,12,15H,2-3,6,8-9H2,1H3.